The third-order valence-electron chi connectivity index (χ3n) is 4.03. The van der Waals surface area contributed by atoms with E-state index in [9.17, 15) is 19.9 Å². The summed E-state index contributed by atoms with van der Waals surface area (Å²) in [5.41, 5.74) is 0.0180. The van der Waals surface area contributed by atoms with Crippen molar-refractivity contribution in [3.05, 3.63) is 11.5 Å². The Hall–Kier alpha value is -1.17. The van der Waals surface area contributed by atoms with Crippen LogP contribution in [0.1, 0.15) is 20.1 Å². The molecule has 0 aliphatic carbocycles. The second-order valence-electron chi connectivity index (χ2n) is 5.68. The predicted molar refractivity (Wildman–Crippen MR) is 93.8 cm³/mol. The molecule has 1 aliphatic heterocycles. The molecule has 27 heavy (non-hydrogen) atoms. The van der Waals surface area contributed by atoms with E-state index in [0.717, 1.165) is 0 Å². The molecule has 0 bridgehead atoms. The van der Waals surface area contributed by atoms with Gasteiger partial charge in [-0.25, -0.2) is 15.0 Å². The molecule has 2 aromatic rings. The number of aliphatic hydroxyl groups is 3. The monoisotopic (exact) mass is 422 g/mol. The lowest BCUT2D eigenvalue weighted by atomic mass is 10.1. The molecule has 3 rings (SSSR count). The Morgan fingerprint density at radius 3 is 2.48 bits per heavy atom. The molecule has 1 aliphatic rings. The van der Waals surface area contributed by atoms with Gasteiger partial charge < -0.3 is 29.1 Å². The molecule has 4 atom stereocenters. The van der Waals surface area contributed by atoms with E-state index in [4.69, 9.17) is 25.4 Å². The zero-order valence-corrected chi connectivity index (χ0v) is 16.2. The Labute approximate surface area is 159 Å². The van der Waals surface area contributed by atoms with Gasteiger partial charge in [-0.15, -0.1) is 0 Å². The van der Waals surface area contributed by atoms with Crippen LogP contribution in [-0.2, 0) is 18.3 Å². The Kier molecular flexibility index (Phi) is 6.14. The van der Waals surface area contributed by atoms with Crippen molar-refractivity contribution in [2.75, 3.05) is 19.8 Å². The lowest BCUT2D eigenvalue weighted by Gasteiger charge is -2.22. The van der Waals surface area contributed by atoms with Crippen molar-refractivity contribution in [2.45, 2.75) is 38.4 Å². The van der Waals surface area contributed by atoms with Crippen LogP contribution in [-0.4, -0.2) is 73.0 Å². The summed E-state index contributed by atoms with van der Waals surface area (Å²) in [7, 11) is -3.94. The van der Waals surface area contributed by atoms with Crippen LogP contribution >= 0.6 is 19.2 Å². The lowest BCUT2D eigenvalue weighted by Crippen LogP contribution is -2.35. The molecular weight excluding hydrogens is 403 g/mol. The topological polar surface area (TPSA) is 149 Å². The van der Waals surface area contributed by atoms with Crippen LogP contribution < -0.4 is 5.57 Å². The number of aliphatic hydroxyl groups excluding tert-OH is 3. The molecule has 3 heterocycles. The Morgan fingerprint density at radius 1 is 1.26 bits per heavy atom. The van der Waals surface area contributed by atoms with Crippen LogP contribution in [0.5, 0.6) is 0 Å². The average molecular weight is 423 g/mol. The summed E-state index contributed by atoms with van der Waals surface area (Å²) in [6.45, 7) is 2.88. The smallest absolute Gasteiger partial charge is 0.394 e. The van der Waals surface area contributed by atoms with Crippen molar-refractivity contribution in [3.8, 4) is 0 Å². The highest BCUT2D eigenvalue weighted by Crippen LogP contribution is 2.48. The number of imidazole rings is 1. The van der Waals surface area contributed by atoms with E-state index in [1.54, 1.807) is 13.8 Å². The quantitative estimate of drug-likeness (QED) is 0.410. The fraction of sp³-hybridized carbons (Fsp3) is 0.643. The highest BCUT2D eigenvalue weighted by atomic mass is 35.5. The third kappa shape index (κ3) is 3.50. The molecule has 0 spiro atoms. The fourth-order valence-corrected chi connectivity index (χ4v) is 4.73. The molecule has 150 valence electrons. The number of hydrogen-bond acceptors (Lipinski definition) is 10. The molecule has 11 nitrogen and oxygen atoms in total. The van der Waals surface area contributed by atoms with Gasteiger partial charge in [0.05, 0.1) is 19.8 Å². The summed E-state index contributed by atoms with van der Waals surface area (Å²) >= 11 is 6.08. The van der Waals surface area contributed by atoms with E-state index in [-0.39, 0.29) is 35.1 Å². The number of ether oxygens (including phenoxy) is 1. The van der Waals surface area contributed by atoms with E-state index in [1.165, 1.54) is 10.9 Å². The van der Waals surface area contributed by atoms with Gasteiger partial charge in [-0.05, 0) is 13.8 Å². The van der Waals surface area contributed by atoms with Crippen LogP contribution in [0.3, 0.4) is 0 Å². The van der Waals surface area contributed by atoms with Crippen molar-refractivity contribution in [1.82, 2.24) is 19.5 Å². The van der Waals surface area contributed by atoms with Crippen LogP contribution in [0.15, 0.2) is 6.33 Å². The SMILES string of the molecule is CCOP(=O)(OCC)c1nc2c(Cl)ncnc2n1C1OC(CO)C(O)C1O. The highest BCUT2D eigenvalue weighted by Gasteiger charge is 2.47. The minimum Gasteiger partial charge on any atom is -0.394 e. The maximum atomic E-state index is 13.3. The van der Waals surface area contributed by atoms with Gasteiger partial charge >= 0.3 is 7.60 Å². The first kappa shape index (κ1) is 20.6. The summed E-state index contributed by atoms with van der Waals surface area (Å²) in [6, 6.07) is 0. The molecule has 1 fully saturated rings. The predicted octanol–water partition coefficient (Wildman–Crippen LogP) is -0.0174. The van der Waals surface area contributed by atoms with Crippen molar-refractivity contribution in [2.24, 2.45) is 0 Å². The molecule has 0 aromatic carbocycles. The zero-order valence-electron chi connectivity index (χ0n) is 14.6. The summed E-state index contributed by atoms with van der Waals surface area (Å²) in [4.78, 5) is 12.2. The van der Waals surface area contributed by atoms with Gasteiger partial charge in [-0.1, -0.05) is 11.6 Å². The van der Waals surface area contributed by atoms with E-state index in [2.05, 4.69) is 15.0 Å². The van der Waals surface area contributed by atoms with E-state index >= 15 is 0 Å². The van der Waals surface area contributed by atoms with Crippen molar-refractivity contribution in [3.63, 3.8) is 0 Å². The van der Waals surface area contributed by atoms with Crippen LogP contribution in [0.2, 0.25) is 5.15 Å². The molecule has 13 heteroatoms. The molecule has 4 unspecified atom stereocenters. The Morgan fingerprint density at radius 2 is 1.93 bits per heavy atom. The van der Waals surface area contributed by atoms with Crippen molar-refractivity contribution >= 4 is 35.9 Å². The van der Waals surface area contributed by atoms with Gasteiger partial charge in [0.15, 0.2) is 17.0 Å². The van der Waals surface area contributed by atoms with Crippen LogP contribution in [0.4, 0.5) is 0 Å². The van der Waals surface area contributed by atoms with E-state index < -0.39 is 38.7 Å². The van der Waals surface area contributed by atoms with Gasteiger partial charge in [0, 0.05) is 0 Å². The summed E-state index contributed by atoms with van der Waals surface area (Å²) in [5, 5.41) is 29.9. The van der Waals surface area contributed by atoms with Gasteiger partial charge in [-0.3, -0.25) is 9.13 Å². The molecule has 0 saturated carbocycles. The third-order valence-corrected chi connectivity index (χ3v) is 6.31. The lowest BCUT2D eigenvalue weighted by molar-refractivity contribution is -0.0499. The number of rotatable bonds is 7. The maximum Gasteiger partial charge on any atom is 0.396 e. The van der Waals surface area contributed by atoms with Crippen LogP contribution in [0, 0.1) is 0 Å². The Balaban J connectivity index is 2.24. The highest BCUT2D eigenvalue weighted by molar-refractivity contribution is 7.61. The molecule has 2 aromatic heterocycles. The van der Waals surface area contributed by atoms with Crippen molar-refractivity contribution in [1.29, 1.82) is 0 Å². The molecule has 0 radical (unpaired) electrons. The van der Waals surface area contributed by atoms with E-state index in [0.29, 0.717) is 0 Å². The number of hydrogen-bond donors (Lipinski definition) is 3. The molecule has 0 amide bonds. The van der Waals surface area contributed by atoms with E-state index in [1.807, 2.05) is 0 Å². The normalized spacial score (nSPS) is 26.1. The van der Waals surface area contributed by atoms with Gasteiger partial charge in [0.25, 0.3) is 0 Å². The number of nitrogens with zero attached hydrogens (tertiary/aromatic N) is 4. The van der Waals surface area contributed by atoms with Crippen LogP contribution in [0.25, 0.3) is 11.2 Å². The standard InChI is InChI=1S/C14H20ClN4O7P/c1-3-24-27(23,25-4-2)14-18-8-11(15)16-6-17-12(8)19(14)13-10(22)9(21)7(5-20)26-13/h6-7,9-10,13,20-22H,3-5H2,1-2H3. The first-order valence-electron chi connectivity index (χ1n) is 8.28. The molecule has 3 N–H and O–H groups in total. The van der Waals surface area contributed by atoms with Gasteiger partial charge in [0.2, 0.25) is 5.57 Å². The second-order valence-corrected chi connectivity index (χ2v) is 7.95. The average Bonchev–Trinajstić information content (AvgIpc) is 3.15. The Bertz CT molecular complexity index is 855. The van der Waals surface area contributed by atoms with Gasteiger partial charge in [0.1, 0.15) is 30.2 Å². The first-order valence-corrected chi connectivity index (χ1v) is 10.2. The number of halogens is 1. The van der Waals surface area contributed by atoms with Gasteiger partial charge in [-0.2, -0.15) is 0 Å². The fourth-order valence-electron chi connectivity index (χ4n) is 2.88. The zero-order chi connectivity index (χ0) is 19.8. The summed E-state index contributed by atoms with van der Waals surface area (Å²) < 4.78 is 30.8. The molecular formula is C14H20ClN4O7P. The number of aromatic nitrogens is 4. The second kappa shape index (κ2) is 8.06. The maximum absolute atomic E-state index is 13.3. The summed E-state index contributed by atoms with van der Waals surface area (Å²) in [5.74, 6) is 0. The first-order chi connectivity index (χ1) is 12.9. The largest absolute Gasteiger partial charge is 0.396 e. The minimum absolute atomic E-state index is 0.00806. The minimum atomic E-state index is -3.94. The number of fused-ring (bicyclic) bond motifs is 1. The van der Waals surface area contributed by atoms with Crippen molar-refractivity contribution < 1.29 is 33.7 Å². The molecule has 1 saturated heterocycles. The summed E-state index contributed by atoms with van der Waals surface area (Å²) in [6.07, 6.45) is -3.96.